The lowest BCUT2D eigenvalue weighted by atomic mass is 10.2. The third-order valence-electron chi connectivity index (χ3n) is 1.94. The molecular formula is C12H13ClO3. The molecule has 0 aliphatic heterocycles. The van der Waals surface area contributed by atoms with Crippen LogP contribution >= 0.6 is 11.6 Å². The van der Waals surface area contributed by atoms with Gasteiger partial charge in [0, 0.05) is 11.1 Å². The molecule has 3 nitrogen and oxygen atoms in total. The maximum absolute atomic E-state index is 10.2. The minimum absolute atomic E-state index is 0.451. The molecule has 16 heavy (non-hydrogen) atoms. The summed E-state index contributed by atoms with van der Waals surface area (Å²) in [7, 11) is 0. The number of aryl methyl sites for hydroxylation is 1. The van der Waals surface area contributed by atoms with E-state index >= 15 is 0 Å². The first-order valence-electron chi connectivity index (χ1n) is 4.88. The van der Waals surface area contributed by atoms with E-state index in [9.17, 15) is 4.79 Å². The number of hydrogen-bond donors (Lipinski definition) is 1. The fourth-order valence-electron chi connectivity index (χ4n) is 1.20. The van der Waals surface area contributed by atoms with E-state index < -0.39 is 5.97 Å². The van der Waals surface area contributed by atoms with Crippen molar-refractivity contribution in [2.24, 2.45) is 0 Å². The van der Waals surface area contributed by atoms with Gasteiger partial charge in [-0.3, -0.25) is 0 Å². The maximum Gasteiger partial charge on any atom is 0.327 e. The summed E-state index contributed by atoms with van der Waals surface area (Å²) in [6.45, 7) is 2.36. The molecule has 0 fully saturated rings. The summed E-state index contributed by atoms with van der Waals surface area (Å²) in [5.41, 5.74) is 0.967. The highest BCUT2D eigenvalue weighted by Crippen LogP contribution is 2.21. The average molecular weight is 241 g/mol. The van der Waals surface area contributed by atoms with Gasteiger partial charge in [0.05, 0.1) is 6.61 Å². The summed E-state index contributed by atoms with van der Waals surface area (Å²) < 4.78 is 5.47. The fourth-order valence-corrected chi connectivity index (χ4v) is 1.42. The van der Waals surface area contributed by atoms with Gasteiger partial charge in [-0.15, -0.1) is 0 Å². The third kappa shape index (κ3) is 4.36. The monoisotopic (exact) mass is 240 g/mol. The van der Waals surface area contributed by atoms with Gasteiger partial charge < -0.3 is 9.84 Å². The summed E-state index contributed by atoms with van der Waals surface area (Å²) in [4.78, 5) is 10.2. The second kappa shape index (κ2) is 6.18. The standard InChI is InChI=1S/C12H13ClO3/c1-9-8-10(13)5-6-11(9)16-7-3-2-4-12(14)15/h2,4-6,8H,3,7H2,1H3,(H,14,15)/b4-2+. The fraction of sp³-hybridized carbons (Fsp3) is 0.250. The Labute approximate surface area is 99.3 Å². The molecule has 4 heteroatoms. The Hall–Kier alpha value is -1.48. The molecule has 0 aliphatic carbocycles. The van der Waals surface area contributed by atoms with E-state index in [1.807, 2.05) is 13.0 Å². The number of carbonyl (C=O) groups is 1. The molecule has 1 N–H and O–H groups in total. The van der Waals surface area contributed by atoms with Gasteiger partial charge in [-0.05, 0) is 37.1 Å². The smallest absolute Gasteiger partial charge is 0.327 e. The van der Waals surface area contributed by atoms with Crippen molar-refractivity contribution in [3.8, 4) is 5.75 Å². The summed E-state index contributed by atoms with van der Waals surface area (Å²) >= 11 is 5.80. The first-order valence-corrected chi connectivity index (χ1v) is 5.26. The van der Waals surface area contributed by atoms with Crippen LogP contribution < -0.4 is 4.74 Å². The zero-order valence-corrected chi connectivity index (χ0v) is 9.70. The first kappa shape index (κ1) is 12.6. The van der Waals surface area contributed by atoms with E-state index in [4.69, 9.17) is 21.4 Å². The molecule has 0 aliphatic rings. The zero-order chi connectivity index (χ0) is 12.0. The molecule has 0 saturated heterocycles. The highest BCUT2D eigenvalue weighted by Gasteiger charge is 1.99. The number of rotatable bonds is 5. The molecule has 0 heterocycles. The quantitative estimate of drug-likeness (QED) is 0.636. The number of aliphatic carboxylic acids is 1. The molecule has 0 bridgehead atoms. The number of ether oxygens (including phenoxy) is 1. The second-order valence-corrected chi connectivity index (χ2v) is 3.72. The summed E-state index contributed by atoms with van der Waals surface area (Å²) in [6, 6.07) is 5.39. The summed E-state index contributed by atoms with van der Waals surface area (Å²) in [5.74, 6) is -0.171. The van der Waals surface area contributed by atoms with E-state index in [0.717, 1.165) is 17.4 Å². The summed E-state index contributed by atoms with van der Waals surface area (Å²) in [5, 5.41) is 9.04. The van der Waals surface area contributed by atoms with Crippen molar-refractivity contribution >= 4 is 17.6 Å². The molecule has 0 atom stereocenters. The van der Waals surface area contributed by atoms with Gasteiger partial charge in [0.15, 0.2) is 0 Å². The molecule has 1 aromatic rings. The van der Waals surface area contributed by atoms with Crippen LogP contribution in [0.3, 0.4) is 0 Å². The highest BCUT2D eigenvalue weighted by molar-refractivity contribution is 6.30. The van der Waals surface area contributed by atoms with Crippen molar-refractivity contribution in [3.05, 3.63) is 40.9 Å². The van der Waals surface area contributed by atoms with Crippen molar-refractivity contribution in [1.82, 2.24) is 0 Å². The van der Waals surface area contributed by atoms with Crippen LogP contribution in [0.1, 0.15) is 12.0 Å². The van der Waals surface area contributed by atoms with Gasteiger partial charge in [-0.1, -0.05) is 17.7 Å². The molecule has 0 unspecified atom stereocenters. The Kier molecular flexibility index (Phi) is 4.86. The van der Waals surface area contributed by atoms with Crippen molar-refractivity contribution in [2.45, 2.75) is 13.3 Å². The predicted octanol–water partition coefficient (Wildman–Crippen LogP) is 3.06. The van der Waals surface area contributed by atoms with Crippen LogP contribution in [0.15, 0.2) is 30.4 Å². The second-order valence-electron chi connectivity index (χ2n) is 3.29. The molecule has 0 radical (unpaired) electrons. The Morgan fingerprint density at radius 1 is 1.56 bits per heavy atom. The van der Waals surface area contributed by atoms with E-state index in [0.29, 0.717) is 18.1 Å². The van der Waals surface area contributed by atoms with Gasteiger partial charge >= 0.3 is 5.97 Å². The van der Waals surface area contributed by atoms with Gasteiger partial charge in [-0.2, -0.15) is 0 Å². The van der Waals surface area contributed by atoms with Gasteiger partial charge in [-0.25, -0.2) is 4.79 Å². The van der Waals surface area contributed by atoms with Crippen LogP contribution in [0.5, 0.6) is 5.75 Å². The largest absolute Gasteiger partial charge is 0.493 e. The normalized spacial score (nSPS) is 10.6. The van der Waals surface area contributed by atoms with Crippen molar-refractivity contribution in [2.75, 3.05) is 6.61 Å². The third-order valence-corrected chi connectivity index (χ3v) is 2.17. The van der Waals surface area contributed by atoms with E-state index in [2.05, 4.69) is 0 Å². The number of carboxylic acid groups (broad SMARTS) is 1. The van der Waals surface area contributed by atoms with Gasteiger partial charge in [0.1, 0.15) is 5.75 Å². The minimum atomic E-state index is -0.942. The lowest BCUT2D eigenvalue weighted by Crippen LogP contribution is -1.97. The molecule has 1 aromatic carbocycles. The Balaban J connectivity index is 2.40. The predicted molar refractivity (Wildman–Crippen MR) is 63.1 cm³/mol. The van der Waals surface area contributed by atoms with Gasteiger partial charge in [0.2, 0.25) is 0 Å². The SMILES string of the molecule is Cc1cc(Cl)ccc1OCC/C=C/C(=O)O. The topological polar surface area (TPSA) is 46.5 Å². The lowest BCUT2D eigenvalue weighted by Gasteiger charge is -2.07. The van der Waals surface area contributed by atoms with E-state index in [-0.39, 0.29) is 0 Å². The Bertz CT molecular complexity index is 399. The number of benzene rings is 1. The molecule has 86 valence electrons. The number of carboxylic acids is 1. The van der Waals surface area contributed by atoms with E-state index in [1.54, 1.807) is 18.2 Å². The molecule has 0 spiro atoms. The Morgan fingerprint density at radius 2 is 2.31 bits per heavy atom. The van der Waals surface area contributed by atoms with Crippen LogP contribution in [-0.2, 0) is 4.79 Å². The highest BCUT2D eigenvalue weighted by atomic mass is 35.5. The number of hydrogen-bond acceptors (Lipinski definition) is 2. The molecular weight excluding hydrogens is 228 g/mol. The number of halogens is 1. The lowest BCUT2D eigenvalue weighted by molar-refractivity contribution is -0.131. The van der Waals surface area contributed by atoms with Crippen molar-refractivity contribution < 1.29 is 14.6 Å². The molecule has 0 amide bonds. The maximum atomic E-state index is 10.2. The van der Waals surface area contributed by atoms with Crippen LogP contribution in [0.4, 0.5) is 0 Å². The Morgan fingerprint density at radius 3 is 2.94 bits per heavy atom. The molecule has 0 saturated carbocycles. The zero-order valence-electron chi connectivity index (χ0n) is 8.94. The molecule has 1 rings (SSSR count). The van der Waals surface area contributed by atoms with Crippen molar-refractivity contribution in [1.29, 1.82) is 0 Å². The summed E-state index contributed by atoms with van der Waals surface area (Å²) in [6.07, 6.45) is 3.24. The van der Waals surface area contributed by atoms with Crippen LogP contribution in [-0.4, -0.2) is 17.7 Å². The molecule has 0 aromatic heterocycles. The van der Waals surface area contributed by atoms with Crippen molar-refractivity contribution in [3.63, 3.8) is 0 Å². The minimum Gasteiger partial charge on any atom is -0.493 e. The van der Waals surface area contributed by atoms with E-state index in [1.165, 1.54) is 0 Å². The van der Waals surface area contributed by atoms with Crippen LogP contribution in [0, 0.1) is 6.92 Å². The van der Waals surface area contributed by atoms with Crippen LogP contribution in [0.2, 0.25) is 5.02 Å². The first-order chi connectivity index (χ1) is 7.59. The van der Waals surface area contributed by atoms with Crippen LogP contribution in [0.25, 0.3) is 0 Å². The average Bonchev–Trinajstić information content (AvgIpc) is 2.20. The van der Waals surface area contributed by atoms with Gasteiger partial charge in [0.25, 0.3) is 0 Å².